The number of hydrogen-bond acceptors (Lipinski definition) is 2. The Morgan fingerprint density at radius 2 is 2.00 bits per heavy atom. The summed E-state index contributed by atoms with van der Waals surface area (Å²) in [7, 11) is 2.04. The normalized spacial score (nSPS) is 23.9. The highest BCUT2D eigenvalue weighted by Gasteiger charge is 2.28. The van der Waals surface area contributed by atoms with Gasteiger partial charge in [0.15, 0.2) is 0 Å². The molecule has 0 radical (unpaired) electrons. The molecule has 11 heavy (non-hydrogen) atoms. The minimum atomic E-state index is -0.0174. The molecule has 0 aromatic carbocycles. The van der Waals surface area contributed by atoms with Crippen molar-refractivity contribution in [3.8, 4) is 0 Å². The van der Waals surface area contributed by atoms with Crippen molar-refractivity contribution < 1.29 is 15.3 Å². The van der Waals surface area contributed by atoms with Crippen molar-refractivity contribution >= 4 is 0 Å². The van der Waals surface area contributed by atoms with E-state index in [0.29, 0.717) is 4.86 Å². The van der Waals surface area contributed by atoms with Gasteiger partial charge in [-0.05, 0) is 7.05 Å². The molecule has 1 rings (SSSR count). The van der Waals surface area contributed by atoms with Gasteiger partial charge in [-0.1, -0.05) is 0 Å². The SMILES string of the molecule is CN1CCC(/[N+](O)=N/O)CC1. The molecule has 0 aromatic rings. The predicted molar refractivity (Wildman–Crippen MR) is 36.8 cm³/mol. The molecule has 0 aliphatic carbocycles. The van der Waals surface area contributed by atoms with Gasteiger partial charge in [0.1, 0.15) is 4.86 Å². The first-order valence-electron chi connectivity index (χ1n) is 3.75. The van der Waals surface area contributed by atoms with Crippen LogP contribution in [-0.2, 0) is 0 Å². The first-order chi connectivity index (χ1) is 5.24. The van der Waals surface area contributed by atoms with Gasteiger partial charge in [0.25, 0.3) is 0 Å². The Morgan fingerprint density at radius 3 is 2.45 bits per heavy atom. The van der Waals surface area contributed by atoms with Crippen LogP contribution in [0.5, 0.6) is 0 Å². The molecule has 5 heteroatoms. The Morgan fingerprint density at radius 1 is 1.45 bits per heavy atom. The van der Waals surface area contributed by atoms with E-state index < -0.39 is 0 Å². The molecule has 64 valence electrons. The number of likely N-dealkylation sites (tertiary alicyclic amines) is 1. The number of rotatable bonds is 1. The van der Waals surface area contributed by atoms with Crippen molar-refractivity contribution in [3.05, 3.63) is 0 Å². The Bertz CT molecular complexity index is 152. The average Bonchev–Trinajstić information content (AvgIpc) is 2.05. The molecule has 0 unspecified atom stereocenters. The van der Waals surface area contributed by atoms with Crippen molar-refractivity contribution in [1.82, 2.24) is 4.90 Å². The van der Waals surface area contributed by atoms with Gasteiger partial charge in [0.05, 0.1) is 0 Å². The van der Waals surface area contributed by atoms with Crippen molar-refractivity contribution in [2.24, 2.45) is 5.28 Å². The van der Waals surface area contributed by atoms with Crippen LogP contribution in [0.3, 0.4) is 0 Å². The molecule has 1 aliphatic heterocycles. The Balaban J connectivity index is 2.39. The Kier molecular flexibility index (Phi) is 2.64. The lowest BCUT2D eigenvalue weighted by molar-refractivity contribution is -0.860. The maximum atomic E-state index is 8.97. The smallest absolute Gasteiger partial charge is 0.237 e. The first kappa shape index (κ1) is 8.26. The second-order valence-electron chi connectivity index (χ2n) is 2.94. The lowest BCUT2D eigenvalue weighted by Gasteiger charge is -2.22. The van der Waals surface area contributed by atoms with Crippen LogP contribution in [0.2, 0.25) is 0 Å². The molecule has 0 aromatic heterocycles. The van der Waals surface area contributed by atoms with Crippen molar-refractivity contribution in [2.45, 2.75) is 18.9 Å². The molecular formula is C6H14N3O2+. The molecule has 0 spiro atoms. The summed E-state index contributed by atoms with van der Waals surface area (Å²) >= 11 is 0. The van der Waals surface area contributed by atoms with E-state index in [1.165, 1.54) is 0 Å². The van der Waals surface area contributed by atoms with Crippen LogP contribution < -0.4 is 0 Å². The number of piperidine rings is 1. The largest absolute Gasteiger partial charge is 0.359 e. The highest BCUT2D eigenvalue weighted by molar-refractivity contribution is 4.67. The molecule has 0 bridgehead atoms. The van der Waals surface area contributed by atoms with E-state index in [-0.39, 0.29) is 6.04 Å². The van der Waals surface area contributed by atoms with Crippen LogP contribution in [0.15, 0.2) is 5.28 Å². The third-order valence-corrected chi connectivity index (χ3v) is 2.11. The fourth-order valence-corrected chi connectivity index (χ4v) is 1.30. The predicted octanol–water partition coefficient (Wildman–Crippen LogP) is 0.324. The number of hydrogen-bond donors (Lipinski definition) is 2. The third kappa shape index (κ3) is 2.04. The maximum Gasteiger partial charge on any atom is 0.237 e. The van der Waals surface area contributed by atoms with Crippen LogP contribution in [0, 0.1) is 0 Å². The quantitative estimate of drug-likeness (QED) is 0.330. The van der Waals surface area contributed by atoms with E-state index in [9.17, 15) is 0 Å². The maximum absolute atomic E-state index is 8.97. The average molecular weight is 160 g/mol. The van der Waals surface area contributed by atoms with E-state index in [4.69, 9.17) is 10.4 Å². The minimum Gasteiger partial charge on any atom is -0.359 e. The van der Waals surface area contributed by atoms with Gasteiger partial charge in [0.2, 0.25) is 11.3 Å². The second kappa shape index (κ2) is 3.52. The molecule has 5 nitrogen and oxygen atoms in total. The fraction of sp³-hybridized carbons (Fsp3) is 1.00. The summed E-state index contributed by atoms with van der Waals surface area (Å²) in [6.45, 7) is 1.88. The molecule has 1 fully saturated rings. The van der Waals surface area contributed by atoms with Gasteiger partial charge in [-0.3, -0.25) is 5.21 Å². The topological polar surface area (TPSA) is 59.1 Å². The van der Waals surface area contributed by atoms with Gasteiger partial charge in [-0.15, -0.1) is 0 Å². The molecule has 1 heterocycles. The summed E-state index contributed by atoms with van der Waals surface area (Å²) in [6, 6.07) is -0.0174. The Hall–Kier alpha value is -0.840. The summed E-state index contributed by atoms with van der Waals surface area (Å²) in [4.78, 5) is 2.83. The van der Waals surface area contributed by atoms with Gasteiger partial charge >= 0.3 is 0 Å². The Labute approximate surface area is 65.5 Å². The lowest BCUT2D eigenvalue weighted by atomic mass is 10.1. The molecule has 0 saturated carbocycles. The summed E-state index contributed by atoms with van der Waals surface area (Å²) in [5.74, 6) is 0. The van der Waals surface area contributed by atoms with E-state index in [0.717, 1.165) is 25.9 Å². The van der Waals surface area contributed by atoms with Crippen LogP contribution in [0.1, 0.15) is 12.8 Å². The first-order valence-corrected chi connectivity index (χ1v) is 3.75. The van der Waals surface area contributed by atoms with Crippen molar-refractivity contribution in [3.63, 3.8) is 0 Å². The fourth-order valence-electron chi connectivity index (χ4n) is 1.30. The van der Waals surface area contributed by atoms with Crippen molar-refractivity contribution in [1.29, 1.82) is 0 Å². The highest BCUT2D eigenvalue weighted by atomic mass is 16.6. The van der Waals surface area contributed by atoms with Gasteiger partial charge in [0, 0.05) is 25.9 Å². The van der Waals surface area contributed by atoms with E-state index in [1.807, 2.05) is 7.05 Å². The van der Waals surface area contributed by atoms with Gasteiger partial charge in [-0.25, -0.2) is 0 Å². The van der Waals surface area contributed by atoms with Crippen LogP contribution >= 0.6 is 0 Å². The van der Waals surface area contributed by atoms with Crippen molar-refractivity contribution in [2.75, 3.05) is 20.1 Å². The summed E-state index contributed by atoms with van der Waals surface area (Å²) in [5.41, 5.74) is 0. The summed E-state index contributed by atoms with van der Waals surface area (Å²) in [5, 5.41) is 19.9. The summed E-state index contributed by atoms with van der Waals surface area (Å²) in [6.07, 6.45) is 1.69. The van der Waals surface area contributed by atoms with Crippen LogP contribution in [0.4, 0.5) is 0 Å². The molecule has 0 atom stereocenters. The lowest BCUT2D eigenvalue weighted by Crippen LogP contribution is -2.37. The van der Waals surface area contributed by atoms with Gasteiger partial charge in [-0.2, -0.15) is 0 Å². The zero-order chi connectivity index (χ0) is 8.27. The molecule has 1 aliphatic rings. The van der Waals surface area contributed by atoms with E-state index >= 15 is 0 Å². The molecule has 0 amide bonds. The van der Waals surface area contributed by atoms with Crippen LogP contribution in [0.25, 0.3) is 0 Å². The van der Waals surface area contributed by atoms with E-state index in [1.54, 1.807) is 0 Å². The number of hydroxylamine groups is 1. The zero-order valence-corrected chi connectivity index (χ0v) is 6.64. The highest BCUT2D eigenvalue weighted by Crippen LogP contribution is 2.10. The van der Waals surface area contributed by atoms with Crippen LogP contribution in [-0.4, -0.2) is 46.4 Å². The standard InChI is InChI=1S/C6H13N3O2/c1-8-4-2-6(3-5-8)9(11)7-10/h6,11H,2-5H2,1H3/p+1. The number of nitrogens with zero attached hydrogens (tertiary/aromatic N) is 3. The zero-order valence-electron chi connectivity index (χ0n) is 6.64. The molecule has 1 saturated heterocycles. The second-order valence-corrected chi connectivity index (χ2v) is 2.94. The summed E-state index contributed by atoms with van der Waals surface area (Å²) < 4.78 is 0. The monoisotopic (exact) mass is 160 g/mol. The van der Waals surface area contributed by atoms with E-state index in [2.05, 4.69) is 10.2 Å². The molecular weight excluding hydrogens is 146 g/mol. The van der Waals surface area contributed by atoms with Gasteiger partial charge < -0.3 is 10.1 Å². The molecule has 2 N–H and O–H groups in total. The minimum absolute atomic E-state index is 0.0174. The third-order valence-electron chi connectivity index (χ3n) is 2.11.